The summed E-state index contributed by atoms with van der Waals surface area (Å²) >= 11 is 0. The number of aryl methyl sites for hydroxylation is 1. The first-order valence-corrected chi connectivity index (χ1v) is 8.28. The van der Waals surface area contributed by atoms with Crippen molar-refractivity contribution in [2.24, 2.45) is 0 Å². The molecule has 25 heavy (non-hydrogen) atoms. The molecule has 2 aromatic rings. The van der Waals surface area contributed by atoms with Crippen molar-refractivity contribution in [3.8, 4) is 0 Å². The van der Waals surface area contributed by atoms with E-state index < -0.39 is 0 Å². The van der Waals surface area contributed by atoms with Crippen molar-refractivity contribution in [1.29, 1.82) is 0 Å². The number of anilines is 2. The van der Waals surface area contributed by atoms with Gasteiger partial charge in [-0.25, -0.2) is 4.79 Å². The van der Waals surface area contributed by atoms with Crippen molar-refractivity contribution in [2.45, 2.75) is 20.4 Å². The number of benzene rings is 2. The van der Waals surface area contributed by atoms with Gasteiger partial charge >= 0.3 is 6.03 Å². The van der Waals surface area contributed by atoms with Gasteiger partial charge in [-0.1, -0.05) is 36.4 Å². The van der Waals surface area contributed by atoms with Crippen LogP contribution in [0.15, 0.2) is 48.5 Å². The molecule has 0 aliphatic carbocycles. The van der Waals surface area contributed by atoms with Crippen LogP contribution in [0.1, 0.15) is 18.1 Å². The number of urea groups is 1. The van der Waals surface area contributed by atoms with Crippen LogP contribution < -0.4 is 21.3 Å². The molecular formula is C19H24N4O2. The van der Waals surface area contributed by atoms with Crippen molar-refractivity contribution < 1.29 is 9.59 Å². The van der Waals surface area contributed by atoms with Gasteiger partial charge in [0.1, 0.15) is 0 Å². The van der Waals surface area contributed by atoms with E-state index in [0.717, 1.165) is 23.4 Å². The van der Waals surface area contributed by atoms with Gasteiger partial charge in [-0.15, -0.1) is 0 Å². The van der Waals surface area contributed by atoms with E-state index in [9.17, 15) is 9.59 Å². The fraction of sp³-hybridized carbons (Fsp3) is 0.263. The molecule has 0 bridgehead atoms. The highest BCUT2D eigenvalue weighted by molar-refractivity contribution is 5.97. The van der Waals surface area contributed by atoms with Gasteiger partial charge in [-0.3, -0.25) is 4.79 Å². The van der Waals surface area contributed by atoms with Crippen LogP contribution in [0, 0.1) is 6.92 Å². The molecule has 0 aromatic heterocycles. The predicted octanol–water partition coefficient (Wildman–Crippen LogP) is 2.86. The van der Waals surface area contributed by atoms with E-state index >= 15 is 0 Å². The first-order chi connectivity index (χ1) is 12.1. The van der Waals surface area contributed by atoms with Gasteiger partial charge in [-0.2, -0.15) is 0 Å². The predicted molar refractivity (Wildman–Crippen MR) is 101 cm³/mol. The van der Waals surface area contributed by atoms with E-state index in [-0.39, 0.29) is 18.5 Å². The standard InChI is InChI=1S/C19H24N4O2/c1-3-20-17-11-14(2)9-10-16(17)23-18(24)13-22-19(25)21-12-15-7-5-4-6-8-15/h4-11,20H,3,12-13H2,1-2H3,(H,23,24)(H2,21,22,25). The molecular weight excluding hydrogens is 316 g/mol. The number of hydrogen-bond donors (Lipinski definition) is 4. The Hall–Kier alpha value is -3.02. The lowest BCUT2D eigenvalue weighted by Gasteiger charge is -2.13. The normalized spacial score (nSPS) is 10.0. The first kappa shape index (κ1) is 18.3. The minimum Gasteiger partial charge on any atom is -0.384 e. The van der Waals surface area contributed by atoms with Gasteiger partial charge in [0.05, 0.1) is 17.9 Å². The lowest BCUT2D eigenvalue weighted by atomic mass is 10.2. The van der Waals surface area contributed by atoms with E-state index in [2.05, 4.69) is 21.3 Å². The summed E-state index contributed by atoms with van der Waals surface area (Å²) in [7, 11) is 0. The molecule has 0 aliphatic rings. The monoisotopic (exact) mass is 340 g/mol. The Kier molecular flexibility index (Phi) is 6.83. The number of nitrogens with one attached hydrogen (secondary N) is 4. The Morgan fingerprint density at radius 3 is 2.44 bits per heavy atom. The van der Waals surface area contributed by atoms with Crippen molar-refractivity contribution >= 4 is 23.3 Å². The molecule has 0 saturated heterocycles. The summed E-state index contributed by atoms with van der Waals surface area (Å²) in [5.74, 6) is -0.280. The summed E-state index contributed by atoms with van der Waals surface area (Å²) in [4.78, 5) is 23.8. The molecule has 0 atom stereocenters. The molecule has 3 amide bonds. The van der Waals surface area contributed by atoms with Crippen LogP contribution in [0.3, 0.4) is 0 Å². The topological polar surface area (TPSA) is 82.3 Å². The molecule has 2 rings (SSSR count). The van der Waals surface area contributed by atoms with Crippen molar-refractivity contribution in [3.63, 3.8) is 0 Å². The Labute approximate surface area is 148 Å². The number of amides is 3. The second-order valence-electron chi connectivity index (χ2n) is 5.65. The summed E-state index contributed by atoms with van der Waals surface area (Å²) in [5.41, 5.74) is 3.66. The molecule has 0 aliphatic heterocycles. The average Bonchev–Trinajstić information content (AvgIpc) is 2.61. The lowest BCUT2D eigenvalue weighted by Crippen LogP contribution is -2.39. The maximum absolute atomic E-state index is 12.1. The Morgan fingerprint density at radius 2 is 1.72 bits per heavy atom. The van der Waals surface area contributed by atoms with Gasteiger partial charge < -0.3 is 21.3 Å². The molecule has 0 spiro atoms. The van der Waals surface area contributed by atoms with Crippen molar-refractivity contribution in [3.05, 3.63) is 59.7 Å². The molecule has 0 radical (unpaired) electrons. The summed E-state index contributed by atoms with van der Waals surface area (Å²) in [6.45, 7) is 5.06. The second kappa shape index (κ2) is 9.32. The van der Waals surface area contributed by atoms with Crippen LogP contribution in [0.5, 0.6) is 0 Å². The zero-order valence-corrected chi connectivity index (χ0v) is 14.6. The van der Waals surface area contributed by atoms with E-state index in [1.165, 1.54) is 0 Å². The minimum atomic E-state index is -0.380. The zero-order chi connectivity index (χ0) is 18.1. The summed E-state index contributed by atoms with van der Waals surface area (Å²) in [6, 6.07) is 14.9. The molecule has 0 unspecified atom stereocenters. The highest BCUT2D eigenvalue weighted by Crippen LogP contribution is 2.22. The van der Waals surface area contributed by atoms with Crippen LogP contribution in [0.2, 0.25) is 0 Å². The number of rotatable bonds is 7. The highest BCUT2D eigenvalue weighted by atomic mass is 16.2. The fourth-order valence-electron chi connectivity index (χ4n) is 2.30. The van der Waals surface area contributed by atoms with Gasteiger partial charge in [0, 0.05) is 13.1 Å². The molecule has 0 heterocycles. The second-order valence-corrected chi connectivity index (χ2v) is 5.65. The van der Waals surface area contributed by atoms with Gasteiger partial charge in [-0.05, 0) is 37.1 Å². The van der Waals surface area contributed by atoms with Crippen LogP contribution >= 0.6 is 0 Å². The van der Waals surface area contributed by atoms with Gasteiger partial charge in [0.25, 0.3) is 0 Å². The average molecular weight is 340 g/mol. The summed E-state index contributed by atoms with van der Waals surface area (Å²) in [6.07, 6.45) is 0. The van der Waals surface area contributed by atoms with Crippen LogP contribution in [0.25, 0.3) is 0 Å². The van der Waals surface area contributed by atoms with E-state index in [1.54, 1.807) is 0 Å². The Morgan fingerprint density at radius 1 is 0.960 bits per heavy atom. The van der Waals surface area contributed by atoms with Crippen LogP contribution in [0.4, 0.5) is 16.2 Å². The fourth-order valence-corrected chi connectivity index (χ4v) is 2.30. The lowest BCUT2D eigenvalue weighted by molar-refractivity contribution is -0.115. The maximum atomic E-state index is 12.1. The molecule has 6 heteroatoms. The number of hydrogen-bond acceptors (Lipinski definition) is 3. The minimum absolute atomic E-state index is 0.0972. The van der Waals surface area contributed by atoms with E-state index in [0.29, 0.717) is 12.2 Å². The van der Waals surface area contributed by atoms with Gasteiger partial charge in [0.2, 0.25) is 5.91 Å². The molecule has 132 valence electrons. The molecule has 2 aromatic carbocycles. The number of carbonyl (C=O) groups is 2. The van der Waals surface area contributed by atoms with Crippen LogP contribution in [-0.4, -0.2) is 25.0 Å². The van der Waals surface area contributed by atoms with Gasteiger partial charge in [0.15, 0.2) is 0 Å². The molecule has 4 N–H and O–H groups in total. The summed E-state index contributed by atoms with van der Waals surface area (Å²) in [5, 5.41) is 11.3. The summed E-state index contributed by atoms with van der Waals surface area (Å²) < 4.78 is 0. The quantitative estimate of drug-likeness (QED) is 0.625. The van der Waals surface area contributed by atoms with Crippen molar-refractivity contribution in [2.75, 3.05) is 23.7 Å². The largest absolute Gasteiger partial charge is 0.384 e. The molecule has 0 fully saturated rings. The maximum Gasteiger partial charge on any atom is 0.315 e. The third kappa shape index (κ3) is 6.18. The number of carbonyl (C=O) groups excluding carboxylic acids is 2. The van der Waals surface area contributed by atoms with Crippen molar-refractivity contribution in [1.82, 2.24) is 10.6 Å². The highest BCUT2D eigenvalue weighted by Gasteiger charge is 2.08. The SMILES string of the molecule is CCNc1cc(C)ccc1NC(=O)CNC(=O)NCc1ccccc1. The first-order valence-electron chi connectivity index (χ1n) is 8.28. The molecule has 0 saturated carbocycles. The van der Waals surface area contributed by atoms with Crippen LogP contribution in [-0.2, 0) is 11.3 Å². The van der Waals surface area contributed by atoms with E-state index in [4.69, 9.17) is 0 Å². The smallest absolute Gasteiger partial charge is 0.315 e. The third-order valence-electron chi connectivity index (χ3n) is 3.52. The Bertz CT molecular complexity index is 717. The van der Waals surface area contributed by atoms with E-state index in [1.807, 2.05) is 62.4 Å². The molecule has 6 nitrogen and oxygen atoms in total. The third-order valence-corrected chi connectivity index (χ3v) is 3.52. The zero-order valence-electron chi connectivity index (χ0n) is 14.6. The Balaban J connectivity index is 1.79.